The van der Waals surface area contributed by atoms with Crippen molar-refractivity contribution < 1.29 is 5.11 Å². The summed E-state index contributed by atoms with van der Waals surface area (Å²) >= 11 is 1.84. The summed E-state index contributed by atoms with van der Waals surface area (Å²) in [5, 5.41) is 14.0. The van der Waals surface area contributed by atoms with Crippen molar-refractivity contribution >= 4 is 41.7 Å². The summed E-state index contributed by atoms with van der Waals surface area (Å²) in [5.74, 6) is 4.89. The summed E-state index contributed by atoms with van der Waals surface area (Å²) in [6.07, 6.45) is 6.77. The molecule has 4 unspecified atom stereocenters. The minimum absolute atomic E-state index is 0. The molecule has 0 spiro atoms. The Bertz CT molecular complexity index is 492. The molecule has 4 atom stereocenters. The molecule has 4 rings (SSSR count). The average molecular weight is 494 g/mol. The fourth-order valence-corrected chi connectivity index (χ4v) is 6.58. The number of nitrogens with zero attached hydrogens (tertiary/aromatic N) is 3. The van der Waals surface area contributed by atoms with Gasteiger partial charge in [-0.25, -0.2) is 0 Å². The maximum atomic E-state index is 10.6. The third-order valence-electron chi connectivity index (χ3n) is 6.72. The second kappa shape index (κ2) is 9.18. The molecule has 0 amide bonds. The van der Waals surface area contributed by atoms with Crippen LogP contribution in [0.25, 0.3) is 0 Å². The molecule has 0 aromatic carbocycles. The summed E-state index contributed by atoms with van der Waals surface area (Å²) in [5.41, 5.74) is -0.587. The van der Waals surface area contributed by atoms with Gasteiger partial charge in [0.25, 0.3) is 0 Å². The lowest BCUT2D eigenvalue weighted by atomic mass is 9.93. The van der Waals surface area contributed by atoms with Gasteiger partial charge in [-0.2, -0.15) is 11.8 Å². The number of aliphatic imine (C=N–C) groups is 1. The maximum Gasteiger partial charge on any atom is 0.194 e. The van der Waals surface area contributed by atoms with Crippen LogP contribution in [0.4, 0.5) is 0 Å². The Morgan fingerprint density at radius 1 is 1.23 bits per heavy atom. The highest BCUT2D eigenvalue weighted by molar-refractivity contribution is 14.0. The van der Waals surface area contributed by atoms with E-state index in [9.17, 15) is 5.11 Å². The summed E-state index contributed by atoms with van der Waals surface area (Å²) < 4.78 is 0. The summed E-state index contributed by atoms with van der Waals surface area (Å²) in [4.78, 5) is 9.96. The highest BCUT2D eigenvalue weighted by Gasteiger charge is 2.42. The van der Waals surface area contributed by atoms with Gasteiger partial charge in [0.15, 0.2) is 5.96 Å². The highest BCUT2D eigenvalue weighted by Crippen LogP contribution is 2.46. The molecule has 2 N–H and O–H groups in total. The number of hydrogen-bond acceptors (Lipinski definition) is 4. The largest absolute Gasteiger partial charge is 0.387 e. The monoisotopic (exact) mass is 494 g/mol. The van der Waals surface area contributed by atoms with Crippen molar-refractivity contribution in [3.63, 3.8) is 0 Å². The third-order valence-corrected chi connectivity index (χ3v) is 7.96. The van der Waals surface area contributed by atoms with Crippen molar-refractivity contribution in [1.29, 1.82) is 0 Å². The quantitative estimate of drug-likeness (QED) is 0.357. The number of guanidine groups is 1. The van der Waals surface area contributed by atoms with Gasteiger partial charge >= 0.3 is 0 Å². The van der Waals surface area contributed by atoms with Gasteiger partial charge in [-0.1, -0.05) is 6.42 Å². The van der Waals surface area contributed by atoms with Crippen molar-refractivity contribution in [2.75, 3.05) is 50.8 Å². The number of rotatable bonds is 4. The van der Waals surface area contributed by atoms with E-state index in [2.05, 4.69) is 22.0 Å². The number of piperazine rings is 1. The molecule has 4 aliphatic rings. The van der Waals surface area contributed by atoms with Crippen LogP contribution < -0.4 is 5.32 Å². The van der Waals surface area contributed by atoms with Crippen LogP contribution in [0.5, 0.6) is 0 Å². The van der Waals surface area contributed by atoms with Gasteiger partial charge < -0.3 is 15.3 Å². The summed E-state index contributed by atoms with van der Waals surface area (Å²) in [6.45, 7) is 8.01. The molecular formula is C19H35IN4OS. The van der Waals surface area contributed by atoms with E-state index in [0.717, 1.165) is 61.4 Å². The number of aliphatic hydroxyl groups is 1. The topological polar surface area (TPSA) is 51.1 Å². The Hall–Kier alpha value is 0.270. The van der Waals surface area contributed by atoms with Crippen LogP contribution in [0.2, 0.25) is 0 Å². The van der Waals surface area contributed by atoms with E-state index in [0.29, 0.717) is 6.54 Å². The number of hydrogen-bond donors (Lipinski definition) is 2. The summed E-state index contributed by atoms with van der Waals surface area (Å²) in [6, 6.07) is 0.858. The Kier molecular flexibility index (Phi) is 7.41. The van der Waals surface area contributed by atoms with E-state index in [-0.39, 0.29) is 24.0 Å². The molecule has 7 heteroatoms. The molecule has 4 fully saturated rings. The molecule has 2 aliphatic heterocycles. The first-order chi connectivity index (χ1) is 12.2. The SMILES string of the molecule is CCNC(=NCC1(O)CCSC1)N1CCN(C2CC3CCC2C3)CC1.I. The number of fused-ring (bicyclic) bond motifs is 2. The molecule has 2 heterocycles. The molecule has 0 aromatic rings. The smallest absolute Gasteiger partial charge is 0.194 e. The van der Waals surface area contributed by atoms with Gasteiger partial charge in [-0.3, -0.25) is 9.89 Å². The van der Waals surface area contributed by atoms with Gasteiger partial charge in [0.05, 0.1) is 12.1 Å². The minimum Gasteiger partial charge on any atom is -0.387 e. The van der Waals surface area contributed by atoms with E-state index >= 15 is 0 Å². The molecule has 2 bridgehead atoms. The zero-order chi connectivity index (χ0) is 17.3. The molecular weight excluding hydrogens is 459 g/mol. The van der Waals surface area contributed by atoms with E-state index < -0.39 is 5.60 Å². The Labute approximate surface area is 179 Å². The van der Waals surface area contributed by atoms with Crippen LogP contribution in [0.1, 0.15) is 39.0 Å². The second-order valence-corrected chi connectivity index (χ2v) is 9.57. The molecule has 150 valence electrons. The maximum absolute atomic E-state index is 10.6. The Morgan fingerprint density at radius 2 is 2.04 bits per heavy atom. The van der Waals surface area contributed by atoms with Crippen molar-refractivity contribution in [1.82, 2.24) is 15.1 Å². The fourth-order valence-electron chi connectivity index (χ4n) is 5.29. The van der Waals surface area contributed by atoms with Crippen LogP contribution in [-0.2, 0) is 0 Å². The van der Waals surface area contributed by atoms with Gasteiger partial charge in [0, 0.05) is 44.5 Å². The Balaban J connectivity index is 0.00000196. The Morgan fingerprint density at radius 3 is 2.62 bits per heavy atom. The molecule has 2 aliphatic carbocycles. The van der Waals surface area contributed by atoms with E-state index in [1.165, 1.54) is 38.8 Å². The first-order valence-electron chi connectivity index (χ1n) is 10.2. The second-order valence-electron chi connectivity index (χ2n) is 8.46. The standard InChI is InChI=1S/C19H34N4OS.HI/c1-2-20-18(21-13-19(24)5-10-25-14-19)23-8-6-22(7-9-23)17-12-15-3-4-16(17)11-15;/h15-17,24H,2-14H2,1H3,(H,20,21);1H. The van der Waals surface area contributed by atoms with Crippen molar-refractivity contribution in [3.8, 4) is 0 Å². The van der Waals surface area contributed by atoms with Crippen molar-refractivity contribution in [2.45, 2.75) is 50.7 Å². The molecule has 2 saturated carbocycles. The first kappa shape index (κ1) is 21.0. The van der Waals surface area contributed by atoms with Gasteiger partial charge in [0.1, 0.15) is 0 Å². The van der Waals surface area contributed by atoms with Crippen LogP contribution in [0, 0.1) is 11.8 Å². The number of thioether (sulfide) groups is 1. The number of nitrogens with one attached hydrogen (secondary N) is 1. The molecule has 2 saturated heterocycles. The lowest BCUT2D eigenvalue weighted by molar-refractivity contribution is 0.0763. The fraction of sp³-hybridized carbons (Fsp3) is 0.947. The third kappa shape index (κ3) is 4.63. The lowest BCUT2D eigenvalue weighted by Crippen LogP contribution is -2.55. The summed E-state index contributed by atoms with van der Waals surface area (Å²) in [7, 11) is 0. The zero-order valence-electron chi connectivity index (χ0n) is 16.0. The number of halogens is 1. The van der Waals surface area contributed by atoms with Gasteiger partial charge in [0.2, 0.25) is 0 Å². The van der Waals surface area contributed by atoms with E-state index in [1.54, 1.807) is 0 Å². The van der Waals surface area contributed by atoms with Crippen LogP contribution in [0.15, 0.2) is 4.99 Å². The molecule has 0 aromatic heterocycles. The van der Waals surface area contributed by atoms with Crippen molar-refractivity contribution in [3.05, 3.63) is 0 Å². The van der Waals surface area contributed by atoms with E-state index in [4.69, 9.17) is 4.99 Å². The van der Waals surface area contributed by atoms with Crippen LogP contribution in [-0.4, -0.2) is 83.3 Å². The average Bonchev–Trinajstić information content (AvgIpc) is 3.36. The zero-order valence-corrected chi connectivity index (χ0v) is 19.2. The predicted molar refractivity (Wildman–Crippen MR) is 121 cm³/mol. The predicted octanol–water partition coefficient (Wildman–Crippen LogP) is 2.24. The normalized spacial score (nSPS) is 37.8. The van der Waals surface area contributed by atoms with Gasteiger partial charge in [-0.05, 0) is 50.2 Å². The van der Waals surface area contributed by atoms with Crippen LogP contribution >= 0.6 is 35.7 Å². The molecule has 26 heavy (non-hydrogen) atoms. The molecule has 5 nitrogen and oxygen atoms in total. The molecule has 0 radical (unpaired) electrons. The van der Waals surface area contributed by atoms with E-state index in [1.807, 2.05) is 11.8 Å². The minimum atomic E-state index is -0.587. The highest BCUT2D eigenvalue weighted by atomic mass is 127. The van der Waals surface area contributed by atoms with Crippen LogP contribution in [0.3, 0.4) is 0 Å². The lowest BCUT2D eigenvalue weighted by Gasteiger charge is -2.42. The van der Waals surface area contributed by atoms with Crippen molar-refractivity contribution in [2.24, 2.45) is 16.8 Å². The first-order valence-corrected chi connectivity index (χ1v) is 11.4. The van der Waals surface area contributed by atoms with Gasteiger partial charge in [-0.15, -0.1) is 24.0 Å².